The number of methoxy groups -OCH3 is 2. The van der Waals surface area contributed by atoms with Crippen LogP contribution in [-0.2, 0) is 6.54 Å². The summed E-state index contributed by atoms with van der Waals surface area (Å²) in [5, 5.41) is 5.86. The number of nitrogens with zero attached hydrogens (tertiary/aromatic N) is 3. The van der Waals surface area contributed by atoms with E-state index in [1.165, 1.54) is 13.3 Å². The zero-order valence-electron chi connectivity index (χ0n) is 15.0. The van der Waals surface area contributed by atoms with Crippen molar-refractivity contribution in [1.82, 2.24) is 15.0 Å². The van der Waals surface area contributed by atoms with Gasteiger partial charge in [0, 0.05) is 31.2 Å². The summed E-state index contributed by atoms with van der Waals surface area (Å²) in [5.74, 6) is 1.11. The first-order valence-corrected chi connectivity index (χ1v) is 8.19. The van der Waals surface area contributed by atoms with Crippen LogP contribution < -0.4 is 20.1 Å². The highest BCUT2D eigenvalue weighted by molar-refractivity contribution is 6.03. The van der Waals surface area contributed by atoms with Gasteiger partial charge in [-0.05, 0) is 29.8 Å². The van der Waals surface area contributed by atoms with Gasteiger partial charge in [0.1, 0.15) is 17.2 Å². The van der Waals surface area contributed by atoms with E-state index in [1.54, 1.807) is 43.8 Å². The molecule has 0 saturated heterocycles. The summed E-state index contributed by atoms with van der Waals surface area (Å²) in [6, 6.07) is 10.5. The fourth-order valence-corrected chi connectivity index (χ4v) is 2.34. The van der Waals surface area contributed by atoms with Crippen molar-refractivity contribution in [3.8, 4) is 11.5 Å². The topological polar surface area (TPSA) is 98.3 Å². The Balaban J connectivity index is 1.70. The summed E-state index contributed by atoms with van der Waals surface area (Å²) >= 11 is 0. The lowest BCUT2D eigenvalue weighted by Gasteiger charge is -2.11. The van der Waals surface area contributed by atoms with Crippen LogP contribution in [-0.4, -0.2) is 35.1 Å². The van der Waals surface area contributed by atoms with Crippen LogP contribution in [0.1, 0.15) is 16.1 Å². The van der Waals surface area contributed by atoms with Gasteiger partial charge in [-0.2, -0.15) is 0 Å². The molecular formula is C19H19N5O3. The molecule has 138 valence electrons. The first-order chi connectivity index (χ1) is 13.2. The molecule has 0 aliphatic carbocycles. The molecule has 0 aliphatic heterocycles. The van der Waals surface area contributed by atoms with Gasteiger partial charge in [-0.1, -0.05) is 6.07 Å². The van der Waals surface area contributed by atoms with Gasteiger partial charge in [-0.3, -0.25) is 9.78 Å². The second kappa shape index (κ2) is 8.61. The molecule has 3 aromatic rings. The lowest BCUT2D eigenvalue weighted by atomic mass is 10.2. The third-order valence-corrected chi connectivity index (χ3v) is 3.72. The van der Waals surface area contributed by atoms with Crippen LogP contribution in [0, 0.1) is 0 Å². The van der Waals surface area contributed by atoms with E-state index in [9.17, 15) is 4.79 Å². The van der Waals surface area contributed by atoms with E-state index in [-0.39, 0.29) is 11.6 Å². The number of pyridine rings is 1. The maximum Gasteiger partial charge on any atom is 0.274 e. The predicted molar refractivity (Wildman–Crippen MR) is 101 cm³/mol. The molecule has 2 aromatic heterocycles. The van der Waals surface area contributed by atoms with Crippen molar-refractivity contribution in [1.29, 1.82) is 0 Å². The Morgan fingerprint density at radius 2 is 2.00 bits per heavy atom. The third-order valence-electron chi connectivity index (χ3n) is 3.72. The second-order valence-electron chi connectivity index (χ2n) is 5.50. The minimum Gasteiger partial charge on any atom is -0.497 e. The van der Waals surface area contributed by atoms with E-state index < -0.39 is 0 Å². The van der Waals surface area contributed by atoms with E-state index in [0.29, 0.717) is 29.7 Å². The molecule has 27 heavy (non-hydrogen) atoms. The molecule has 0 unspecified atom stereocenters. The number of hydrogen-bond donors (Lipinski definition) is 2. The van der Waals surface area contributed by atoms with Crippen molar-refractivity contribution in [2.24, 2.45) is 0 Å². The summed E-state index contributed by atoms with van der Waals surface area (Å²) in [4.78, 5) is 25.0. The average molecular weight is 365 g/mol. The third kappa shape index (κ3) is 4.69. The first-order valence-electron chi connectivity index (χ1n) is 8.19. The predicted octanol–water partition coefficient (Wildman–Crippen LogP) is 2.75. The van der Waals surface area contributed by atoms with Crippen molar-refractivity contribution in [3.05, 3.63) is 66.2 Å². The molecule has 0 spiro atoms. The van der Waals surface area contributed by atoms with Gasteiger partial charge < -0.3 is 20.1 Å². The fourth-order valence-electron chi connectivity index (χ4n) is 2.34. The highest BCUT2D eigenvalue weighted by Gasteiger charge is 2.13. The molecule has 0 saturated carbocycles. The average Bonchev–Trinajstić information content (AvgIpc) is 2.73. The second-order valence-corrected chi connectivity index (χ2v) is 5.50. The number of anilines is 2. The molecule has 2 N–H and O–H groups in total. The van der Waals surface area contributed by atoms with Gasteiger partial charge in [-0.25, -0.2) is 9.97 Å². The molecule has 0 aliphatic rings. The number of benzene rings is 1. The zero-order chi connectivity index (χ0) is 19.1. The monoisotopic (exact) mass is 365 g/mol. The molecule has 0 radical (unpaired) electrons. The number of hydrogen-bond acceptors (Lipinski definition) is 7. The minimum atomic E-state index is -0.370. The maximum atomic E-state index is 12.5. The smallest absolute Gasteiger partial charge is 0.274 e. The van der Waals surface area contributed by atoms with Gasteiger partial charge in [0.15, 0.2) is 0 Å². The van der Waals surface area contributed by atoms with Crippen molar-refractivity contribution in [2.45, 2.75) is 6.54 Å². The van der Waals surface area contributed by atoms with Crippen LogP contribution in [0.5, 0.6) is 11.5 Å². The normalized spacial score (nSPS) is 10.1. The molecule has 0 bridgehead atoms. The quantitative estimate of drug-likeness (QED) is 0.664. The molecule has 8 nitrogen and oxygen atoms in total. The number of amides is 1. The molecular weight excluding hydrogens is 346 g/mol. The first kappa shape index (κ1) is 18.1. The number of nitrogens with one attached hydrogen (secondary N) is 2. The van der Waals surface area contributed by atoms with E-state index in [2.05, 4.69) is 25.6 Å². The molecule has 3 rings (SSSR count). The lowest BCUT2D eigenvalue weighted by Crippen LogP contribution is -2.16. The SMILES string of the molecule is COc1ccc(NC(=O)c2ccnc(NCc3cccnc3)n2)c(OC)c1. The Labute approximate surface area is 156 Å². The van der Waals surface area contributed by atoms with Crippen LogP contribution in [0.15, 0.2) is 55.0 Å². The van der Waals surface area contributed by atoms with Crippen LogP contribution in [0.2, 0.25) is 0 Å². The van der Waals surface area contributed by atoms with Gasteiger partial charge in [0.2, 0.25) is 5.95 Å². The largest absolute Gasteiger partial charge is 0.497 e. The highest BCUT2D eigenvalue weighted by atomic mass is 16.5. The number of aromatic nitrogens is 3. The molecule has 0 fully saturated rings. The van der Waals surface area contributed by atoms with Gasteiger partial charge in [-0.15, -0.1) is 0 Å². The van der Waals surface area contributed by atoms with Crippen LogP contribution in [0.25, 0.3) is 0 Å². The van der Waals surface area contributed by atoms with E-state index in [1.807, 2.05) is 12.1 Å². The molecule has 1 amide bonds. The molecule has 8 heteroatoms. The Bertz CT molecular complexity index is 918. The van der Waals surface area contributed by atoms with E-state index in [4.69, 9.17) is 9.47 Å². The zero-order valence-corrected chi connectivity index (χ0v) is 15.0. The number of rotatable bonds is 7. The summed E-state index contributed by atoms with van der Waals surface area (Å²) < 4.78 is 10.4. The number of carbonyl (C=O) groups is 1. The van der Waals surface area contributed by atoms with Crippen molar-refractivity contribution in [3.63, 3.8) is 0 Å². The Morgan fingerprint density at radius 3 is 2.74 bits per heavy atom. The maximum absolute atomic E-state index is 12.5. The number of carbonyl (C=O) groups excluding carboxylic acids is 1. The summed E-state index contributed by atoms with van der Waals surface area (Å²) in [6.07, 6.45) is 4.98. The van der Waals surface area contributed by atoms with Gasteiger partial charge in [0.25, 0.3) is 5.91 Å². The van der Waals surface area contributed by atoms with Crippen LogP contribution >= 0.6 is 0 Å². The van der Waals surface area contributed by atoms with Gasteiger partial charge in [0.05, 0.1) is 19.9 Å². The van der Waals surface area contributed by atoms with Crippen molar-refractivity contribution >= 4 is 17.5 Å². The lowest BCUT2D eigenvalue weighted by molar-refractivity contribution is 0.102. The van der Waals surface area contributed by atoms with Crippen LogP contribution in [0.4, 0.5) is 11.6 Å². The number of ether oxygens (including phenoxy) is 2. The van der Waals surface area contributed by atoms with E-state index in [0.717, 1.165) is 5.56 Å². The van der Waals surface area contributed by atoms with Gasteiger partial charge >= 0.3 is 0 Å². The molecule has 0 atom stereocenters. The Hall–Kier alpha value is -3.68. The standard InChI is InChI=1S/C19H19N5O3/c1-26-14-5-6-15(17(10-14)27-2)23-18(25)16-7-9-21-19(24-16)22-12-13-4-3-8-20-11-13/h3-11H,12H2,1-2H3,(H,23,25)(H,21,22,24). The van der Waals surface area contributed by atoms with Crippen molar-refractivity contribution < 1.29 is 14.3 Å². The summed E-state index contributed by atoms with van der Waals surface area (Å²) in [7, 11) is 3.09. The fraction of sp³-hybridized carbons (Fsp3) is 0.158. The van der Waals surface area contributed by atoms with E-state index >= 15 is 0 Å². The summed E-state index contributed by atoms with van der Waals surface area (Å²) in [5.41, 5.74) is 1.74. The highest BCUT2D eigenvalue weighted by Crippen LogP contribution is 2.29. The van der Waals surface area contributed by atoms with Crippen LogP contribution in [0.3, 0.4) is 0 Å². The Morgan fingerprint density at radius 1 is 1.11 bits per heavy atom. The Kier molecular flexibility index (Phi) is 5.78. The molecule has 2 heterocycles. The summed E-state index contributed by atoms with van der Waals surface area (Å²) in [6.45, 7) is 0.505. The minimum absolute atomic E-state index is 0.233. The van der Waals surface area contributed by atoms with Crippen molar-refractivity contribution in [2.75, 3.05) is 24.9 Å². The molecule has 1 aromatic carbocycles.